The molecule has 0 radical (unpaired) electrons. The van der Waals surface area contributed by atoms with Crippen LogP contribution in [-0.2, 0) is 20.8 Å². The number of halogens is 2. The van der Waals surface area contributed by atoms with Gasteiger partial charge in [-0.15, -0.1) is 0 Å². The number of imidazole rings is 1. The normalized spacial score (nSPS) is 25.7. The summed E-state index contributed by atoms with van der Waals surface area (Å²) in [6.07, 6.45) is -1.97. The lowest BCUT2D eigenvalue weighted by Gasteiger charge is -2.20. The van der Waals surface area contributed by atoms with Crippen LogP contribution in [0.4, 0.5) is 10.3 Å². The number of nitrogens with two attached hydrogens (primary N) is 1. The van der Waals surface area contributed by atoms with Crippen LogP contribution < -0.4 is 11.4 Å². The lowest BCUT2D eigenvalue weighted by Crippen LogP contribution is -2.36. The van der Waals surface area contributed by atoms with E-state index in [0.29, 0.717) is 18.0 Å². The molecule has 1 aliphatic heterocycles. The van der Waals surface area contributed by atoms with E-state index in [2.05, 4.69) is 9.97 Å². The van der Waals surface area contributed by atoms with Gasteiger partial charge in [0, 0.05) is 13.5 Å². The van der Waals surface area contributed by atoms with Crippen LogP contribution in [0.3, 0.4) is 0 Å². The summed E-state index contributed by atoms with van der Waals surface area (Å²) >= 11 is 6.21. The van der Waals surface area contributed by atoms with Crippen LogP contribution in [0.2, 0.25) is 5.15 Å². The first-order chi connectivity index (χ1) is 12.4. The zero-order valence-electron chi connectivity index (χ0n) is 13.9. The number of hydrogen-bond donors (Lipinski definition) is 1. The minimum Gasteiger partial charge on any atom is -0.454 e. The molecule has 1 saturated heterocycles. The fourth-order valence-corrected chi connectivity index (χ4v) is 3.48. The van der Waals surface area contributed by atoms with Gasteiger partial charge in [-0.1, -0.05) is 11.6 Å². The summed E-state index contributed by atoms with van der Waals surface area (Å²) in [5, 5.41) is 0.0304. The van der Waals surface area contributed by atoms with Crippen LogP contribution in [0.15, 0.2) is 4.79 Å². The van der Waals surface area contributed by atoms with Crippen molar-refractivity contribution in [2.75, 3.05) is 12.3 Å². The second-order valence-electron chi connectivity index (χ2n) is 6.57. The molecule has 11 heteroatoms. The van der Waals surface area contributed by atoms with Crippen LogP contribution in [0.5, 0.6) is 0 Å². The highest BCUT2D eigenvalue weighted by Gasteiger charge is 2.44. The fourth-order valence-electron chi connectivity index (χ4n) is 3.21. The van der Waals surface area contributed by atoms with Gasteiger partial charge in [-0.25, -0.2) is 13.8 Å². The number of hydrogen-bond acceptors (Lipinski definition) is 7. The van der Waals surface area contributed by atoms with Gasteiger partial charge >= 0.3 is 11.7 Å². The summed E-state index contributed by atoms with van der Waals surface area (Å²) in [6.45, 7) is 1.30. The second-order valence-corrected chi connectivity index (χ2v) is 6.92. The Bertz CT molecular complexity index is 940. The molecule has 3 atom stereocenters. The third kappa shape index (κ3) is 2.82. The smallest absolute Gasteiger partial charge is 0.332 e. The Balaban J connectivity index is 1.90. The average molecular weight is 386 g/mol. The molecule has 3 unspecified atom stereocenters. The summed E-state index contributed by atoms with van der Waals surface area (Å²) in [4.78, 5) is 32.4. The number of esters is 1. The van der Waals surface area contributed by atoms with E-state index < -0.39 is 30.2 Å². The summed E-state index contributed by atoms with van der Waals surface area (Å²) in [5.74, 6) is -0.434. The summed E-state index contributed by atoms with van der Waals surface area (Å²) in [7, 11) is 0. The van der Waals surface area contributed by atoms with Crippen LogP contribution in [0, 0.1) is 5.92 Å². The van der Waals surface area contributed by atoms with E-state index in [9.17, 15) is 14.0 Å². The van der Waals surface area contributed by atoms with Crippen molar-refractivity contribution in [1.29, 1.82) is 0 Å². The second kappa shape index (κ2) is 6.20. The maximum Gasteiger partial charge on any atom is 0.332 e. The molecule has 3 heterocycles. The number of alkyl halides is 1. The monoisotopic (exact) mass is 385 g/mol. The molecule has 140 valence electrons. The number of nitrogens with zero attached hydrogens (tertiary/aromatic N) is 4. The minimum absolute atomic E-state index is 0.0304. The first-order valence-corrected chi connectivity index (χ1v) is 8.61. The number of carbonyl (C=O) groups is 1. The van der Waals surface area contributed by atoms with Gasteiger partial charge in [-0.2, -0.15) is 9.97 Å². The molecule has 2 aromatic heterocycles. The Morgan fingerprint density at radius 1 is 1.46 bits per heavy atom. The Labute approximate surface area is 151 Å². The van der Waals surface area contributed by atoms with E-state index in [1.165, 1.54) is 4.57 Å². The number of aromatic nitrogens is 4. The predicted octanol–water partition coefficient (Wildman–Crippen LogP) is 1.04. The van der Waals surface area contributed by atoms with E-state index in [1.54, 1.807) is 0 Å². The first-order valence-electron chi connectivity index (χ1n) is 8.23. The van der Waals surface area contributed by atoms with E-state index in [1.807, 2.05) is 0 Å². The van der Waals surface area contributed by atoms with Crippen molar-refractivity contribution >= 4 is 34.7 Å². The zero-order valence-corrected chi connectivity index (χ0v) is 14.6. The largest absolute Gasteiger partial charge is 0.454 e. The Morgan fingerprint density at radius 3 is 2.85 bits per heavy atom. The van der Waals surface area contributed by atoms with Gasteiger partial charge in [0.05, 0.1) is 6.61 Å². The van der Waals surface area contributed by atoms with Crippen LogP contribution in [-0.4, -0.2) is 44.0 Å². The molecule has 2 aliphatic rings. The van der Waals surface area contributed by atoms with Crippen LogP contribution in [0.1, 0.15) is 26.0 Å². The SMILES string of the molecule is CC(=O)OC1C(F)COC1n1c(=O)n(CC2CC2)c2c(Cl)nc(N)nc21. The molecule has 0 bridgehead atoms. The maximum absolute atomic E-state index is 14.2. The van der Waals surface area contributed by atoms with E-state index in [-0.39, 0.29) is 23.4 Å². The van der Waals surface area contributed by atoms with Crippen molar-refractivity contribution in [3.05, 3.63) is 15.6 Å². The van der Waals surface area contributed by atoms with Crippen molar-refractivity contribution in [2.45, 2.75) is 44.8 Å². The van der Waals surface area contributed by atoms with E-state index in [0.717, 1.165) is 24.3 Å². The van der Waals surface area contributed by atoms with Gasteiger partial charge in [0.15, 0.2) is 29.3 Å². The molecule has 0 amide bonds. The highest BCUT2D eigenvalue weighted by molar-refractivity contribution is 6.33. The number of ether oxygens (including phenoxy) is 2. The number of fused-ring (bicyclic) bond motifs is 1. The molecule has 1 saturated carbocycles. The highest BCUT2D eigenvalue weighted by atomic mass is 35.5. The lowest BCUT2D eigenvalue weighted by molar-refractivity contribution is -0.154. The summed E-state index contributed by atoms with van der Waals surface area (Å²) in [5.41, 5.74) is 5.63. The minimum atomic E-state index is -1.56. The topological polar surface area (TPSA) is 114 Å². The van der Waals surface area contributed by atoms with Crippen molar-refractivity contribution in [3.8, 4) is 0 Å². The molecule has 26 heavy (non-hydrogen) atoms. The third-order valence-corrected chi connectivity index (χ3v) is 4.80. The lowest BCUT2D eigenvalue weighted by atomic mass is 10.2. The standard InChI is InChI=1S/C15H17ClFN5O4/c1-6(23)26-10-8(17)5-25-13(10)22-12-9(11(16)19-14(18)20-12)21(15(22)24)4-7-2-3-7/h7-8,10,13H,2-5H2,1H3,(H2,18,19,20). The number of anilines is 1. The van der Waals surface area contributed by atoms with Gasteiger partial charge in [0.1, 0.15) is 5.52 Å². The molecule has 0 aromatic carbocycles. The fraction of sp³-hybridized carbons (Fsp3) is 0.600. The predicted molar refractivity (Wildman–Crippen MR) is 89.4 cm³/mol. The Morgan fingerprint density at radius 2 is 2.19 bits per heavy atom. The highest BCUT2D eigenvalue weighted by Crippen LogP contribution is 2.35. The van der Waals surface area contributed by atoms with Crippen molar-refractivity contribution < 1.29 is 18.7 Å². The quantitative estimate of drug-likeness (QED) is 0.617. The number of carbonyl (C=O) groups excluding carboxylic acids is 1. The third-order valence-electron chi connectivity index (χ3n) is 4.53. The van der Waals surface area contributed by atoms with Gasteiger partial charge in [0.25, 0.3) is 0 Å². The molecule has 1 aliphatic carbocycles. The molecule has 4 rings (SSSR count). The van der Waals surface area contributed by atoms with Crippen molar-refractivity contribution in [2.24, 2.45) is 5.92 Å². The molecular weight excluding hydrogens is 369 g/mol. The summed E-state index contributed by atoms with van der Waals surface area (Å²) < 4.78 is 27.3. The first kappa shape index (κ1) is 17.2. The van der Waals surface area contributed by atoms with Gasteiger partial charge in [-0.05, 0) is 18.8 Å². The molecule has 2 N–H and O–H groups in total. The molecule has 9 nitrogen and oxygen atoms in total. The Kier molecular flexibility index (Phi) is 4.11. The van der Waals surface area contributed by atoms with Crippen molar-refractivity contribution in [1.82, 2.24) is 19.1 Å². The molecule has 2 aromatic rings. The van der Waals surface area contributed by atoms with Crippen molar-refractivity contribution in [3.63, 3.8) is 0 Å². The average Bonchev–Trinajstić information content (AvgIpc) is 3.25. The molecule has 0 spiro atoms. The number of nitrogen functional groups attached to an aromatic ring is 1. The molecule has 2 fully saturated rings. The van der Waals surface area contributed by atoms with Crippen LogP contribution in [0.25, 0.3) is 11.2 Å². The van der Waals surface area contributed by atoms with Gasteiger partial charge in [-0.3, -0.25) is 9.36 Å². The number of rotatable bonds is 4. The summed E-state index contributed by atoms with van der Waals surface area (Å²) in [6, 6.07) is 0. The van der Waals surface area contributed by atoms with Gasteiger partial charge < -0.3 is 15.2 Å². The Hall–Kier alpha value is -2.20. The van der Waals surface area contributed by atoms with Gasteiger partial charge in [0.2, 0.25) is 5.95 Å². The van der Waals surface area contributed by atoms with Crippen LogP contribution >= 0.6 is 11.6 Å². The van der Waals surface area contributed by atoms with E-state index in [4.69, 9.17) is 26.8 Å². The molecular formula is C15H17ClFN5O4. The maximum atomic E-state index is 14.2. The van der Waals surface area contributed by atoms with E-state index >= 15 is 0 Å². The zero-order chi connectivity index (χ0) is 18.6.